The summed E-state index contributed by atoms with van der Waals surface area (Å²) in [4.78, 5) is 52.2. The van der Waals surface area contributed by atoms with Crippen LogP contribution in [0.5, 0.6) is 5.75 Å². The van der Waals surface area contributed by atoms with Gasteiger partial charge in [-0.25, -0.2) is 9.48 Å². The van der Waals surface area contributed by atoms with E-state index in [2.05, 4.69) is 26.3 Å². The molecule has 1 aromatic heterocycles. The van der Waals surface area contributed by atoms with Crippen molar-refractivity contribution >= 4 is 41.4 Å². The summed E-state index contributed by atoms with van der Waals surface area (Å²) >= 11 is 6.02. The maximum Gasteiger partial charge on any atom is 0.336 e. The number of rotatable bonds is 16. The number of halogens is 1. The van der Waals surface area contributed by atoms with Gasteiger partial charge < -0.3 is 46.2 Å². The summed E-state index contributed by atoms with van der Waals surface area (Å²) in [7, 11) is 0. The Balaban J connectivity index is 1.17. The van der Waals surface area contributed by atoms with Crippen LogP contribution in [0.15, 0.2) is 72.9 Å². The molecule has 6 atom stereocenters. The van der Waals surface area contributed by atoms with Crippen LogP contribution in [0.25, 0.3) is 6.08 Å². The molecule has 6 rings (SSSR count). The number of amides is 3. The van der Waals surface area contributed by atoms with E-state index in [0.717, 1.165) is 43.4 Å². The van der Waals surface area contributed by atoms with Crippen LogP contribution in [-0.4, -0.2) is 107 Å². The number of phenols is 1. The maximum atomic E-state index is 13.5. The van der Waals surface area contributed by atoms with Crippen molar-refractivity contribution in [1.82, 2.24) is 30.9 Å². The molecule has 0 radical (unpaired) electrons. The first-order chi connectivity index (χ1) is 29.6. The first-order valence-electron chi connectivity index (χ1n) is 20.6. The van der Waals surface area contributed by atoms with Crippen molar-refractivity contribution in [3.8, 4) is 5.75 Å². The highest BCUT2D eigenvalue weighted by atomic mass is 35.5. The average molecular weight is 873 g/mol. The molecule has 17 heteroatoms. The molecule has 1 saturated heterocycles. The lowest BCUT2D eigenvalue weighted by Crippen LogP contribution is -2.67. The first kappa shape index (κ1) is 45.9. The van der Waals surface area contributed by atoms with Gasteiger partial charge in [-0.15, -0.1) is 5.10 Å². The van der Waals surface area contributed by atoms with Gasteiger partial charge in [-0.3, -0.25) is 14.4 Å². The summed E-state index contributed by atoms with van der Waals surface area (Å²) < 4.78 is 7.55. The fourth-order valence-corrected chi connectivity index (χ4v) is 8.26. The van der Waals surface area contributed by atoms with Crippen LogP contribution in [0.3, 0.4) is 0 Å². The molecule has 0 unspecified atom stereocenters. The monoisotopic (exact) mass is 872 g/mol. The Labute approximate surface area is 364 Å². The summed E-state index contributed by atoms with van der Waals surface area (Å²) in [5.74, 6) is -2.74. The Morgan fingerprint density at radius 3 is 2.39 bits per heavy atom. The number of ether oxygens (including phenoxy) is 1. The molecule has 4 aromatic rings. The minimum absolute atomic E-state index is 0.0350. The molecule has 3 aromatic carbocycles. The number of carboxylic acids is 1. The minimum Gasteiger partial charge on any atom is -0.507 e. The zero-order valence-electron chi connectivity index (χ0n) is 34.5. The molecular weight excluding hydrogens is 820 g/mol. The van der Waals surface area contributed by atoms with Crippen molar-refractivity contribution in [2.24, 2.45) is 0 Å². The molecule has 330 valence electrons. The summed E-state index contributed by atoms with van der Waals surface area (Å²) in [5.41, 5.74) is 1.59. The predicted molar refractivity (Wildman–Crippen MR) is 228 cm³/mol. The van der Waals surface area contributed by atoms with E-state index >= 15 is 0 Å². The van der Waals surface area contributed by atoms with Gasteiger partial charge in [-0.05, 0) is 85.3 Å². The molecule has 1 aliphatic carbocycles. The third kappa shape index (κ3) is 11.4. The quantitative estimate of drug-likeness (QED) is 0.0798. The van der Waals surface area contributed by atoms with Gasteiger partial charge in [0.2, 0.25) is 5.91 Å². The normalized spacial score (nSPS) is 21.5. The molecular formula is C45H53ClN6O10. The fourth-order valence-electron chi connectivity index (χ4n) is 8.07. The number of aromatic hydroxyl groups is 1. The SMILES string of the molecule is Cc1cc(C(=O)NC[C@@H](O)[C@@H](O)[C@@H]2O[C@@](C/C=C/c3cccc(CNC(=O)c4cccc(Cl)c4)c3)(C(=O)O)C[C@H](O)[C@H]2NC(=O)Cn2cc(C3CCCCC3)nn2)cc(C)c1O. The van der Waals surface area contributed by atoms with Crippen LogP contribution in [0, 0.1) is 13.8 Å². The van der Waals surface area contributed by atoms with Gasteiger partial charge in [0.15, 0.2) is 5.60 Å². The van der Waals surface area contributed by atoms with Crippen LogP contribution in [0.2, 0.25) is 5.02 Å². The molecule has 0 bridgehead atoms. The number of benzene rings is 3. The lowest BCUT2D eigenvalue weighted by molar-refractivity contribution is -0.226. The number of aromatic nitrogens is 3. The van der Waals surface area contributed by atoms with Crippen LogP contribution in [0.4, 0.5) is 0 Å². The molecule has 1 aliphatic heterocycles. The van der Waals surface area contributed by atoms with Gasteiger partial charge in [-0.1, -0.05) is 72.5 Å². The Hall–Kier alpha value is -5.65. The number of hydrogen-bond donors (Lipinski definition) is 8. The Morgan fingerprint density at radius 1 is 0.968 bits per heavy atom. The fraction of sp³-hybridized carbons (Fsp3) is 0.422. The largest absolute Gasteiger partial charge is 0.507 e. The topological polar surface area (TPSA) is 245 Å². The van der Waals surface area contributed by atoms with Crippen molar-refractivity contribution in [3.05, 3.63) is 117 Å². The number of nitrogens with zero attached hydrogens (tertiary/aromatic N) is 3. The zero-order valence-corrected chi connectivity index (χ0v) is 35.3. The Kier molecular flexibility index (Phi) is 15.2. The van der Waals surface area contributed by atoms with Crippen molar-refractivity contribution in [2.45, 2.75) is 114 Å². The highest BCUT2D eigenvalue weighted by Crippen LogP contribution is 2.36. The number of aliphatic hydroxyl groups is 3. The predicted octanol–water partition coefficient (Wildman–Crippen LogP) is 3.94. The van der Waals surface area contributed by atoms with Crippen molar-refractivity contribution < 1.29 is 49.4 Å². The van der Waals surface area contributed by atoms with Crippen molar-refractivity contribution in [3.63, 3.8) is 0 Å². The van der Waals surface area contributed by atoms with E-state index in [0.29, 0.717) is 27.3 Å². The number of nitrogens with one attached hydrogen (secondary N) is 3. The Bertz CT molecular complexity index is 2260. The Morgan fingerprint density at radius 2 is 1.68 bits per heavy atom. The number of hydrogen-bond acceptors (Lipinski definition) is 11. The van der Waals surface area contributed by atoms with Gasteiger partial charge in [-0.2, -0.15) is 0 Å². The summed E-state index contributed by atoms with van der Waals surface area (Å²) in [6.45, 7) is 2.64. The molecule has 16 nitrogen and oxygen atoms in total. The lowest BCUT2D eigenvalue weighted by atomic mass is 9.81. The van der Waals surface area contributed by atoms with E-state index < -0.39 is 66.8 Å². The highest BCUT2D eigenvalue weighted by Gasteiger charge is 2.54. The van der Waals surface area contributed by atoms with Gasteiger partial charge in [0.25, 0.3) is 11.8 Å². The van der Waals surface area contributed by atoms with Crippen LogP contribution < -0.4 is 16.0 Å². The standard InChI is InChI=1S/C45H53ClN6O10/c1-26-17-32(18-27(2)39(26)56)43(59)48-23-36(54)40(57)41-38(49-37(55)25-52-24-34(50-51-52)30-12-4-3-5-13-30)35(53)21-45(62-41,44(60)61)16-8-11-28-9-6-10-29(19-28)22-47-42(58)31-14-7-15-33(46)20-31/h6-11,14-15,17-20,24,30,35-36,38,40-41,53-54,56-57H,3-5,12-13,16,21-23,25H2,1-2H3,(H,47,58)(H,48,59)(H,49,55)(H,60,61)/b11-8+/t35-,36+,38+,40+,41+,45+/m0/s1. The summed E-state index contributed by atoms with van der Waals surface area (Å²) in [6, 6.07) is 15.2. The zero-order chi connectivity index (χ0) is 44.6. The van der Waals surface area contributed by atoms with E-state index in [-0.39, 0.29) is 42.6 Å². The van der Waals surface area contributed by atoms with Crippen LogP contribution >= 0.6 is 11.6 Å². The summed E-state index contributed by atoms with van der Waals surface area (Å²) in [5, 5.41) is 72.1. The molecule has 62 heavy (non-hydrogen) atoms. The van der Waals surface area contributed by atoms with Crippen LogP contribution in [0.1, 0.15) is 99.5 Å². The van der Waals surface area contributed by atoms with E-state index in [4.69, 9.17) is 16.3 Å². The second kappa shape index (κ2) is 20.5. The van der Waals surface area contributed by atoms with E-state index in [1.807, 2.05) is 6.07 Å². The third-order valence-corrected chi connectivity index (χ3v) is 11.7. The van der Waals surface area contributed by atoms with Gasteiger partial charge in [0.1, 0.15) is 24.5 Å². The molecule has 2 heterocycles. The highest BCUT2D eigenvalue weighted by molar-refractivity contribution is 6.31. The number of aliphatic hydroxyl groups excluding tert-OH is 3. The number of carbonyl (C=O) groups is 4. The van der Waals surface area contributed by atoms with E-state index in [9.17, 15) is 44.7 Å². The molecule has 8 N–H and O–H groups in total. The van der Waals surface area contributed by atoms with Gasteiger partial charge >= 0.3 is 5.97 Å². The number of carboxylic acid groups (broad SMARTS) is 1. The second-order valence-corrected chi connectivity index (χ2v) is 16.6. The lowest BCUT2D eigenvalue weighted by Gasteiger charge is -2.47. The number of carbonyl (C=O) groups excluding carboxylic acids is 3. The first-order valence-corrected chi connectivity index (χ1v) is 21.0. The molecule has 2 fully saturated rings. The number of phenolic OH excluding ortho intramolecular Hbond substituents is 1. The van der Waals surface area contributed by atoms with E-state index in [1.165, 1.54) is 16.8 Å². The number of aliphatic carboxylic acids is 1. The second-order valence-electron chi connectivity index (χ2n) is 16.2. The van der Waals surface area contributed by atoms with Crippen molar-refractivity contribution in [2.75, 3.05) is 6.54 Å². The smallest absolute Gasteiger partial charge is 0.336 e. The molecule has 0 spiro atoms. The van der Waals surface area contributed by atoms with Crippen molar-refractivity contribution in [1.29, 1.82) is 0 Å². The van der Waals surface area contributed by atoms with Gasteiger partial charge in [0, 0.05) is 54.2 Å². The third-order valence-electron chi connectivity index (χ3n) is 11.5. The summed E-state index contributed by atoms with van der Waals surface area (Å²) in [6.07, 6.45) is 2.43. The average Bonchev–Trinajstić information content (AvgIpc) is 3.72. The van der Waals surface area contributed by atoms with Crippen LogP contribution in [-0.2, 0) is 27.4 Å². The number of aryl methyl sites for hydroxylation is 2. The molecule has 2 aliphatic rings. The van der Waals surface area contributed by atoms with Gasteiger partial charge in [0.05, 0.1) is 23.9 Å². The molecule has 3 amide bonds. The minimum atomic E-state index is -2.13. The maximum absolute atomic E-state index is 13.5. The van der Waals surface area contributed by atoms with E-state index in [1.54, 1.807) is 74.7 Å². The molecule has 1 saturated carbocycles.